The lowest BCUT2D eigenvalue weighted by Gasteiger charge is -2.34. The summed E-state index contributed by atoms with van der Waals surface area (Å²) in [6, 6.07) is 7.22. The van der Waals surface area contributed by atoms with E-state index in [1.807, 2.05) is 19.1 Å². The number of likely N-dealkylation sites (tertiary alicyclic amines) is 1. The number of hydrazine groups is 1. The van der Waals surface area contributed by atoms with Gasteiger partial charge in [-0.1, -0.05) is 31.5 Å². The molecule has 5 heteroatoms. The number of aryl methyl sites for hydroxylation is 1. The molecule has 0 bridgehead atoms. The average Bonchev–Trinajstić information content (AvgIpc) is 2.44. The number of hydrogen-bond donors (Lipinski definition) is 2. The number of carbonyl (C=O) groups is 2. The van der Waals surface area contributed by atoms with Crippen LogP contribution in [-0.4, -0.2) is 36.3 Å². The Hall–Kier alpha value is -1.88. The standard InChI is InChI=1S/C17H25N3O2/c1-12-4-6-15(7-5-12)17(22)19-18-16(21)11-20-9-13(2)8-14(3)10-20/h4-7,13-14H,8-11H2,1-3H3,(H,18,21)(H,19,22)/t13-,14+. The van der Waals surface area contributed by atoms with E-state index in [0.29, 0.717) is 23.9 Å². The van der Waals surface area contributed by atoms with Gasteiger partial charge in [0.1, 0.15) is 0 Å². The van der Waals surface area contributed by atoms with Gasteiger partial charge in [-0.3, -0.25) is 25.3 Å². The second-order valence-corrected chi connectivity index (χ2v) is 6.51. The maximum absolute atomic E-state index is 11.9. The van der Waals surface area contributed by atoms with Crippen molar-refractivity contribution < 1.29 is 9.59 Å². The highest BCUT2D eigenvalue weighted by molar-refractivity contribution is 5.95. The lowest BCUT2D eigenvalue weighted by Crippen LogP contribution is -2.49. The van der Waals surface area contributed by atoms with Gasteiger partial charge in [0.25, 0.3) is 11.8 Å². The summed E-state index contributed by atoms with van der Waals surface area (Å²) in [7, 11) is 0. The maximum Gasteiger partial charge on any atom is 0.269 e. The fourth-order valence-corrected chi connectivity index (χ4v) is 3.07. The second-order valence-electron chi connectivity index (χ2n) is 6.51. The van der Waals surface area contributed by atoms with Gasteiger partial charge in [0.05, 0.1) is 6.54 Å². The van der Waals surface area contributed by atoms with Crippen LogP contribution in [0.1, 0.15) is 36.2 Å². The van der Waals surface area contributed by atoms with Gasteiger partial charge in [0.2, 0.25) is 0 Å². The summed E-state index contributed by atoms with van der Waals surface area (Å²) in [5, 5.41) is 0. The van der Waals surface area contributed by atoms with Gasteiger partial charge in [-0.2, -0.15) is 0 Å². The van der Waals surface area contributed by atoms with E-state index >= 15 is 0 Å². The summed E-state index contributed by atoms with van der Waals surface area (Å²) < 4.78 is 0. The van der Waals surface area contributed by atoms with Crippen LogP contribution < -0.4 is 10.9 Å². The van der Waals surface area contributed by atoms with Crippen molar-refractivity contribution in [2.45, 2.75) is 27.2 Å². The van der Waals surface area contributed by atoms with Crippen molar-refractivity contribution >= 4 is 11.8 Å². The lowest BCUT2D eigenvalue weighted by molar-refractivity contribution is -0.123. The smallest absolute Gasteiger partial charge is 0.269 e. The minimum absolute atomic E-state index is 0.179. The zero-order valence-electron chi connectivity index (χ0n) is 13.6. The van der Waals surface area contributed by atoms with Crippen molar-refractivity contribution in [3.63, 3.8) is 0 Å². The molecule has 0 aliphatic carbocycles. The van der Waals surface area contributed by atoms with E-state index in [2.05, 4.69) is 29.6 Å². The van der Waals surface area contributed by atoms with Crippen LogP contribution in [0.25, 0.3) is 0 Å². The van der Waals surface area contributed by atoms with Crippen LogP contribution in [0.5, 0.6) is 0 Å². The van der Waals surface area contributed by atoms with Gasteiger partial charge in [0.15, 0.2) is 0 Å². The summed E-state index contributed by atoms with van der Waals surface area (Å²) in [4.78, 5) is 26.0. The summed E-state index contributed by atoms with van der Waals surface area (Å²) in [6.45, 7) is 8.57. The number of piperidine rings is 1. The first-order chi connectivity index (χ1) is 10.4. The molecule has 1 aromatic carbocycles. The van der Waals surface area contributed by atoms with Crippen molar-refractivity contribution in [3.8, 4) is 0 Å². The van der Waals surface area contributed by atoms with Crippen molar-refractivity contribution in [2.24, 2.45) is 11.8 Å². The molecule has 1 saturated heterocycles. The molecule has 2 N–H and O–H groups in total. The van der Waals surface area contributed by atoms with Crippen LogP contribution >= 0.6 is 0 Å². The zero-order valence-corrected chi connectivity index (χ0v) is 13.6. The Morgan fingerprint density at radius 1 is 1.09 bits per heavy atom. The number of nitrogens with zero attached hydrogens (tertiary/aromatic N) is 1. The van der Waals surface area contributed by atoms with E-state index in [1.165, 1.54) is 6.42 Å². The summed E-state index contributed by atoms with van der Waals surface area (Å²) in [5.74, 6) is 0.743. The molecule has 1 heterocycles. The van der Waals surface area contributed by atoms with Crippen LogP contribution in [0.3, 0.4) is 0 Å². The molecule has 2 atom stereocenters. The highest BCUT2D eigenvalue weighted by Gasteiger charge is 2.23. The van der Waals surface area contributed by atoms with Crippen LogP contribution in [-0.2, 0) is 4.79 Å². The van der Waals surface area contributed by atoms with Crippen molar-refractivity contribution in [1.29, 1.82) is 0 Å². The molecule has 22 heavy (non-hydrogen) atoms. The topological polar surface area (TPSA) is 61.4 Å². The molecule has 120 valence electrons. The molecule has 5 nitrogen and oxygen atoms in total. The zero-order chi connectivity index (χ0) is 16.1. The fourth-order valence-electron chi connectivity index (χ4n) is 3.07. The van der Waals surface area contributed by atoms with E-state index in [0.717, 1.165) is 18.7 Å². The molecule has 1 aliphatic rings. The van der Waals surface area contributed by atoms with Crippen LogP contribution in [0.15, 0.2) is 24.3 Å². The van der Waals surface area contributed by atoms with Gasteiger partial charge in [-0.05, 0) is 37.3 Å². The number of benzene rings is 1. The molecular formula is C17H25N3O2. The first-order valence-electron chi connectivity index (χ1n) is 7.82. The predicted molar refractivity (Wildman–Crippen MR) is 86.2 cm³/mol. The molecule has 0 unspecified atom stereocenters. The van der Waals surface area contributed by atoms with E-state index in [9.17, 15) is 9.59 Å². The second kappa shape index (κ2) is 7.40. The van der Waals surface area contributed by atoms with Gasteiger partial charge in [-0.15, -0.1) is 0 Å². The monoisotopic (exact) mass is 303 g/mol. The van der Waals surface area contributed by atoms with Gasteiger partial charge in [-0.25, -0.2) is 0 Å². The Morgan fingerprint density at radius 3 is 2.27 bits per heavy atom. The first kappa shape index (κ1) is 16.5. The normalized spacial score (nSPS) is 22.1. The van der Waals surface area contributed by atoms with Crippen molar-refractivity contribution in [1.82, 2.24) is 15.8 Å². The summed E-state index contributed by atoms with van der Waals surface area (Å²) in [5.41, 5.74) is 6.58. The van der Waals surface area contributed by atoms with Gasteiger partial charge in [0, 0.05) is 18.7 Å². The lowest BCUT2D eigenvalue weighted by atomic mass is 9.92. The number of carbonyl (C=O) groups excluding carboxylic acids is 2. The van der Waals surface area contributed by atoms with Crippen molar-refractivity contribution in [3.05, 3.63) is 35.4 Å². The Kier molecular flexibility index (Phi) is 5.55. The van der Waals surface area contributed by atoms with E-state index < -0.39 is 0 Å². The van der Waals surface area contributed by atoms with Crippen LogP contribution in [0.4, 0.5) is 0 Å². The minimum Gasteiger partial charge on any atom is -0.294 e. The summed E-state index contributed by atoms with van der Waals surface area (Å²) >= 11 is 0. The Balaban J connectivity index is 1.77. The molecular weight excluding hydrogens is 278 g/mol. The maximum atomic E-state index is 11.9. The number of rotatable bonds is 3. The summed E-state index contributed by atoms with van der Waals surface area (Å²) in [6.07, 6.45) is 1.21. The minimum atomic E-state index is -0.297. The van der Waals surface area contributed by atoms with Crippen LogP contribution in [0, 0.1) is 18.8 Å². The average molecular weight is 303 g/mol. The highest BCUT2D eigenvalue weighted by Crippen LogP contribution is 2.20. The quantitative estimate of drug-likeness (QED) is 0.836. The molecule has 1 aromatic rings. The van der Waals surface area contributed by atoms with Crippen molar-refractivity contribution in [2.75, 3.05) is 19.6 Å². The van der Waals surface area contributed by atoms with E-state index in [4.69, 9.17) is 0 Å². The Morgan fingerprint density at radius 2 is 1.68 bits per heavy atom. The third-order valence-corrected chi connectivity index (χ3v) is 3.94. The molecule has 0 radical (unpaired) electrons. The Labute approximate surface area is 132 Å². The van der Waals surface area contributed by atoms with E-state index in [-0.39, 0.29) is 11.8 Å². The van der Waals surface area contributed by atoms with E-state index in [1.54, 1.807) is 12.1 Å². The molecule has 1 fully saturated rings. The molecule has 2 amide bonds. The third-order valence-electron chi connectivity index (χ3n) is 3.94. The predicted octanol–water partition coefficient (Wildman–Crippen LogP) is 1.73. The third kappa shape index (κ3) is 4.84. The molecule has 1 aliphatic heterocycles. The largest absolute Gasteiger partial charge is 0.294 e. The highest BCUT2D eigenvalue weighted by atomic mass is 16.2. The van der Waals surface area contributed by atoms with Gasteiger partial charge < -0.3 is 0 Å². The Bertz CT molecular complexity index is 517. The number of hydrogen-bond acceptors (Lipinski definition) is 3. The fraction of sp³-hybridized carbons (Fsp3) is 0.529. The first-order valence-corrected chi connectivity index (χ1v) is 7.82. The van der Waals surface area contributed by atoms with Gasteiger partial charge >= 0.3 is 0 Å². The number of nitrogens with one attached hydrogen (secondary N) is 2. The molecule has 2 rings (SSSR count). The number of amides is 2. The SMILES string of the molecule is Cc1ccc(C(=O)NNC(=O)CN2C[C@H](C)C[C@H](C)C2)cc1. The van der Waals surface area contributed by atoms with Crippen LogP contribution in [0.2, 0.25) is 0 Å². The molecule has 0 spiro atoms. The molecule has 0 saturated carbocycles. The molecule has 0 aromatic heterocycles.